The maximum Gasteiger partial charge on any atom is 0.271 e. The minimum absolute atomic E-state index is 0.239. The third kappa shape index (κ3) is 4.80. The highest BCUT2D eigenvalue weighted by Gasteiger charge is 2.08. The van der Waals surface area contributed by atoms with Gasteiger partial charge in [0, 0.05) is 12.2 Å². The fraction of sp³-hybridized carbons (Fsp3) is 0.150. The minimum Gasteiger partial charge on any atom is -0.497 e. The zero-order chi connectivity index (χ0) is 18.2. The lowest BCUT2D eigenvalue weighted by Crippen LogP contribution is -2.26. The number of carbonyl (C=O) groups excluding carboxylic acids is 1. The molecule has 0 aliphatic heterocycles. The maximum absolute atomic E-state index is 12.2. The first-order valence-corrected chi connectivity index (χ1v) is 8.31. The molecule has 1 heterocycles. The van der Waals surface area contributed by atoms with E-state index in [0.717, 1.165) is 23.4 Å². The van der Waals surface area contributed by atoms with Crippen molar-refractivity contribution in [3.8, 4) is 5.75 Å². The summed E-state index contributed by atoms with van der Waals surface area (Å²) in [4.78, 5) is 12.2. The SMILES string of the molecule is COc1ccc(CCNC(=O)c2ccc(Nc3ccccc3)nn2)cc1. The molecule has 6 nitrogen and oxygen atoms in total. The quantitative estimate of drug-likeness (QED) is 0.686. The number of amides is 1. The van der Waals surface area contributed by atoms with Gasteiger partial charge in [0.05, 0.1) is 7.11 Å². The van der Waals surface area contributed by atoms with Crippen LogP contribution in [0.5, 0.6) is 5.75 Å². The summed E-state index contributed by atoms with van der Waals surface area (Å²) in [5.74, 6) is 1.17. The number of hydrogen-bond donors (Lipinski definition) is 2. The fourth-order valence-electron chi connectivity index (χ4n) is 2.39. The summed E-state index contributed by atoms with van der Waals surface area (Å²) in [5.41, 5.74) is 2.33. The van der Waals surface area contributed by atoms with Gasteiger partial charge in [-0.1, -0.05) is 30.3 Å². The Bertz CT molecular complexity index is 834. The Hall–Kier alpha value is -3.41. The van der Waals surface area contributed by atoms with E-state index in [9.17, 15) is 4.79 Å². The first-order chi connectivity index (χ1) is 12.7. The molecule has 0 unspecified atom stereocenters. The van der Waals surface area contributed by atoms with Gasteiger partial charge in [-0.3, -0.25) is 4.79 Å². The number of rotatable bonds is 7. The van der Waals surface area contributed by atoms with Gasteiger partial charge in [0.2, 0.25) is 0 Å². The van der Waals surface area contributed by atoms with E-state index in [0.29, 0.717) is 18.1 Å². The van der Waals surface area contributed by atoms with Crippen LogP contribution in [0.2, 0.25) is 0 Å². The van der Waals surface area contributed by atoms with Gasteiger partial charge in [0.1, 0.15) is 5.75 Å². The molecule has 3 rings (SSSR count). The lowest BCUT2D eigenvalue weighted by Gasteiger charge is -2.07. The molecule has 0 radical (unpaired) electrons. The van der Waals surface area contributed by atoms with Crippen LogP contribution in [0, 0.1) is 0 Å². The number of carbonyl (C=O) groups is 1. The van der Waals surface area contributed by atoms with Crippen molar-refractivity contribution in [2.45, 2.75) is 6.42 Å². The largest absolute Gasteiger partial charge is 0.497 e. The molecule has 0 aliphatic carbocycles. The Morgan fingerprint density at radius 2 is 1.73 bits per heavy atom. The van der Waals surface area contributed by atoms with E-state index in [4.69, 9.17) is 4.74 Å². The number of methoxy groups -OCH3 is 1. The zero-order valence-electron chi connectivity index (χ0n) is 14.5. The van der Waals surface area contributed by atoms with Crippen molar-refractivity contribution in [1.82, 2.24) is 15.5 Å². The Kier molecular flexibility index (Phi) is 5.77. The molecule has 2 aromatic carbocycles. The molecule has 1 aromatic heterocycles. The number of nitrogens with zero attached hydrogens (tertiary/aromatic N) is 2. The minimum atomic E-state index is -0.239. The predicted molar refractivity (Wildman–Crippen MR) is 101 cm³/mol. The molecule has 6 heteroatoms. The zero-order valence-corrected chi connectivity index (χ0v) is 14.5. The Morgan fingerprint density at radius 1 is 0.962 bits per heavy atom. The van der Waals surface area contributed by atoms with Crippen LogP contribution in [0.1, 0.15) is 16.1 Å². The molecule has 0 bridgehead atoms. The van der Waals surface area contributed by atoms with Gasteiger partial charge in [-0.2, -0.15) is 0 Å². The molecule has 26 heavy (non-hydrogen) atoms. The van der Waals surface area contributed by atoms with Crippen LogP contribution in [-0.2, 0) is 6.42 Å². The molecule has 0 saturated carbocycles. The van der Waals surface area contributed by atoms with Crippen LogP contribution >= 0.6 is 0 Å². The summed E-state index contributed by atoms with van der Waals surface area (Å²) in [7, 11) is 1.64. The first-order valence-electron chi connectivity index (χ1n) is 8.31. The topological polar surface area (TPSA) is 76.1 Å². The van der Waals surface area contributed by atoms with Gasteiger partial charge in [0.25, 0.3) is 5.91 Å². The summed E-state index contributed by atoms with van der Waals surface area (Å²) >= 11 is 0. The molecular weight excluding hydrogens is 328 g/mol. The van der Waals surface area contributed by atoms with Crippen molar-refractivity contribution in [2.24, 2.45) is 0 Å². The summed E-state index contributed by atoms with van der Waals surface area (Å²) in [6, 6.07) is 20.8. The lowest BCUT2D eigenvalue weighted by atomic mass is 10.1. The number of para-hydroxylation sites is 1. The van der Waals surface area contributed by atoms with Crippen LogP contribution in [0.3, 0.4) is 0 Å². The lowest BCUT2D eigenvalue weighted by molar-refractivity contribution is 0.0948. The second-order valence-electron chi connectivity index (χ2n) is 5.65. The van der Waals surface area contributed by atoms with Crippen molar-refractivity contribution in [3.05, 3.63) is 78.0 Å². The smallest absolute Gasteiger partial charge is 0.271 e. The molecule has 3 aromatic rings. The molecule has 0 spiro atoms. The molecule has 0 saturated heterocycles. The number of anilines is 2. The maximum atomic E-state index is 12.2. The van der Waals surface area contributed by atoms with Gasteiger partial charge in [-0.25, -0.2) is 0 Å². The van der Waals surface area contributed by atoms with Gasteiger partial charge >= 0.3 is 0 Å². The second-order valence-corrected chi connectivity index (χ2v) is 5.65. The van der Waals surface area contributed by atoms with E-state index in [2.05, 4.69) is 20.8 Å². The van der Waals surface area contributed by atoms with Crippen LogP contribution < -0.4 is 15.4 Å². The van der Waals surface area contributed by atoms with E-state index < -0.39 is 0 Å². The summed E-state index contributed by atoms with van der Waals surface area (Å²) in [6.07, 6.45) is 0.733. The van der Waals surface area contributed by atoms with Gasteiger partial charge < -0.3 is 15.4 Å². The van der Waals surface area contributed by atoms with E-state index in [-0.39, 0.29) is 5.91 Å². The van der Waals surface area contributed by atoms with Gasteiger partial charge in [-0.15, -0.1) is 10.2 Å². The highest BCUT2D eigenvalue weighted by atomic mass is 16.5. The summed E-state index contributed by atoms with van der Waals surface area (Å²) in [5, 5.41) is 14.0. The van der Waals surface area contributed by atoms with Crippen molar-refractivity contribution in [3.63, 3.8) is 0 Å². The van der Waals surface area contributed by atoms with E-state index >= 15 is 0 Å². The normalized spacial score (nSPS) is 10.2. The van der Waals surface area contributed by atoms with Crippen LogP contribution in [-0.4, -0.2) is 29.8 Å². The number of nitrogens with one attached hydrogen (secondary N) is 2. The average Bonchev–Trinajstić information content (AvgIpc) is 2.70. The van der Waals surface area contributed by atoms with E-state index in [1.165, 1.54) is 0 Å². The fourth-order valence-corrected chi connectivity index (χ4v) is 2.39. The predicted octanol–water partition coefficient (Wildman–Crippen LogP) is 3.20. The first kappa shape index (κ1) is 17.4. The number of ether oxygens (including phenoxy) is 1. The van der Waals surface area contributed by atoms with Crippen molar-refractivity contribution in [2.75, 3.05) is 19.0 Å². The molecule has 0 aliphatic rings. The molecule has 0 atom stereocenters. The van der Waals surface area contributed by atoms with Gasteiger partial charge in [0.15, 0.2) is 11.5 Å². The molecule has 2 N–H and O–H groups in total. The highest BCUT2D eigenvalue weighted by Crippen LogP contribution is 2.13. The molecule has 132 valence electrons. The van der Waals surface area contributed by atoms with Crippen LogP contribution in [0.25, 0.3) is 0 Å². The number of benzene rings is 2. The van der Waals surface area contributed by atoms with Crippen LogP contribution in [0.15, 0.2) is 66.7 Å². The number of aromatic nitrogens is 2. The highest BCUT2D eigenvalue weighted by molar-refractivity contribution is 5.92. The second kappa shape index (κ2) is 8.62. The number of hydrogen-bond acceptors (Lipinski definition) is 5. The third-order valence-electron chi connectivity index (χ3n) is 3.80. The Labute approximate surface area is 152 Å². The van der Waals surface area contributed by atoms with Crippen molar-refractivity contribution < 1.29 is 9.53 Å². The molecule has 1 amide bonds. The summed E-state index contributed by atoms with van der Waals surface area (Å²) < 4.78 is 5.13. The average molecular weight is 348 g/mol. The Morgan fingerprint density at radius 3 is 2.38 bits per heavy atom. The third-order valence-corrected chi connectivity index (χ3v) is 3.80. The van der Waals surface area contributed by atoms with E-state index in [1.807, 2.05) is 54.6 Å². The van der Waals surface area contributed by atoms with E-state index in [1.54, 1.807) is 19.2 Å². The monoisotopic (exact) mass is 348 g/mol. The molecular formula is C20H20N4O2. The van der Waals surface area contributed by atoms with Gasteiger partial charge in [-0.05, 0) is 48.4 Å². The van der Waals surface area contributed by atoms with Crippen molar-refractivity contribution >= 4 is 17.4 Å². The van der Waals surface area contributed by atoms with Crippen molar-refractivity contribution in [1.29, 1.82) is 0 Å². The van der Waals surface area contributed by atoms with Crippen LogP contribution in [0.4, 0.5) is 11.5 Å². The Balaban J connectivity index is 1.49. The summed E-state index contributed by atoms with van der Waals surface area (Å²) in [6.45, 7) is 0.525. The molecule has 0 fully saturated rings. The standard InChI is InChI=1S/C20H20N4O2/c1-26-17-9-7-15(8-10-17)13-14-21-20(25)18-11-12-19(24-23-18)22-16-5-3-2-4-6-16/h2-12H,13-14H2,1H3,(H,21,25)(H,22,24).